The van der Waals surface area contributed by atoms with Crippen LogP contribution in [-0.4, -0.2) is 0 Å². The SMILES string of the molecule is Fc1ccc(C(Cl)c2cc(F)ccc2F)cc1. The molecule has 2 rings (SSSR count). The molecule has 2 aromatic rings. The predicted molar refractivity (Wildman–Crippen MR) is 60.5 cm³/mol. The van der Waals surface area contributed by atoms with E-state index in [1.54, 1.807) is 0 Å². The molecular weight excluding hydrogens is 249 g/mol. The minimum absolute atomic E-state index is 0.0401. The van der Waals surface area contributed by atoms with Gasteiger partial charge < -0.3 is 0 Å². The predicted octanol–water partition coefficient (Wildman–Crippen LogP) is 4.43. The summed E-state index contributed by atoms with van der Waals surface area (Å²) in [5.41, 5.74) is 0.552. The molecule has 0 amide bonds. The van der Waals surface area contributed by atoms with E-state index in [2.05, 4.69) is 0 Å². The molecule has 4 heteroatoms. The average Bonchev–Trinajstić information content (AvgIpc) is 2.32. The number of halogens is 4. The molecule has 0 aliphatic heterocycles. The maximum atomic E-state index is 13.5. The fourth-order valence-corrected chi connectivity index (χ4v) is 1.83. The van der Waals surface area contributed by atoms with Crippen molar-refractivity contribution in [2.45, 2.75) is 5.38 Å². The van der Waals surface area contributed by atoms with Crippen molar-refractivity contribution in [2.75, 3.05) is 0 Å². The van der Waals surface area contributed by atoms with Crippen molar-refractivity contribution in [3.8, 4) is 0 Å². The monoisotopic (exact) mass is 256 g/mol. The van der Waals surface area contributed by atoms with Crippen LogP contribution in [0.25, 0.3) is 0 Å². The van der Waals surface area contributed by atoms with Crippen LogP contribution in [0.5, 0.6) is 0 Å². The second-order valence-electron chi connectivity index (χ2n) is 3.58. The lowest BCUT2D eigenvalue weighted by molar-refractivity contribution is 0.587. The summed E-state index contributed by atoms with van der Waals surface area (Å²) in [6.45, 7) is 0. The van der Waals surface area contributed by atoms with Crippen molar-refractivity contribution < 1.29 is 13.2 Å². The van der Waals surface area contributed by atoms with Gasteiger partial charge in [-0.15, -0.1) is 11.6 Å². The molecule has 0 aromatic heterocycles. The van der Waals surface area contributed by atoms with E-state index < -0.39 is 22.8 Å². The lowest BCUT2D eigenvalue weighted by Gasteiger charge is -2.11. The standard InChI is InChI=1S/C13H8ClF3/c14-13(8-1-3-9(15)4-2-8)11-7-10(16)5-6-12(11)17/h1-7,13H. The first-order valence-electron chi connectivity index (χ1n) is 4.92. The molecule has 1 unspecified atom stereocenters. The Bertz CT molecular complexity index is 523. The Hall–Kier alpha value is -1.48. The number of alkyl halides is 1. The highest BCUT2D eigenvalue weighted by Gasteiger charge is 2.16. The molecule has 0 aliphatic carbocycles. The first kappa shape index (κ1) is 12.0. The zero-order valence-electron chi connectivity index (χ0n) is 8.63. The van der Waals surface area contributed by atoms with Crippen molar-refractivity contribution in [3.05, 3.63) is 71.0 Å². The molecule has 88 valence electrons. The van der Waals surface area contributed by atoms with Gasteiger partial charge >= 0.3 is 0 Å². The zero-order valence-corrected chi connectivity index (χ0v) is 9.39. The molecule has 0 aliphatic rings. The van der Waals surface area contributed by atoms with Crippen LogP contribution >= 0.6 is 11.6 Å². The molecular formula is C13H8ClF3. The second-order valence-corrected chi connectivity index (χ2v) is 4.02. The summed E-state index contributed by atoms with van der Waals surface area (Å²) in [6.07, 6.45) is 0. The fourth-order valence-electron chi connectivity index (χ4n) is 1.52. The van der Waals surface area contributed by atoms with E-state index in [-0.39, 0.29) is 5.56 Å². The van der Waals surface area contributed by atoms with E-state index in [4.69, 9.17) is 11.6 Å². The molecule has 17 heavy (non-hydrogen) atoms. The molecule has 2 aromatic carbocycles. The van der Waals surface area contributed by atoms with Crippen LogP contribution in [-0.2, 0) is 0 Å². The van der Waals surface area contributed by atoms with E-state index in [0.717, 1.165) is 18.2 Å². The molecule has 0 N–H and O–H groups in total. The molecule has 0 heterocycles. The van der Waals surface area contributed by atoms with Gasteiger partial charge in [-0.3, -0.25) is 0 Å². The summed E-state index contributed by atoms with van der Waals surface area (Å²) in [4.78, 5) is 0. The summed E-state index contributed by atoms with van der Waals surface area (Å²) < 4.78 is 39.2. The highest BCUT2D eigenvalue weighted by Crippen LogP contribution is 2.30. The number of benzene rings is 2. The third-order valence-corrected chi connectivity index (χ3v) is 2.88. The maximum absolute atomic E-state index is 13.5. The summed E-state index contributed by atoms with van der Waals surface area (Å²) in [6, 6.07) is 8.41. The Morgan fingerprint density at radius 1 is 0.824 bits per heavy atom. The summed E-state index contributed by atoms with van der Waals surface area (Å²) in [5.74, 6) is -1.55. The van der Waals surface area contributed by atoms with Gasteiger partial charge in [0.1, 0.15) is 17.5 Å². The number of hydrogen-bond acceptors (Lipinski definition) is 0. The normalized spacial score (nSPS) is 12.5. The first-order chi connectivity index (χ1) is 8.08. The second kappa shape index (κ2) is 4.80. The van der Waals surface area contributed by atoms with Gasteiger partial charge in [0.2, 0.25) is 0 Å². The summed E-state index contributed by atoms with van der Waals surface area (Å²) >= 11 is 6.03. The van der Waals surface area contributed by atoms with Crippen molar-refractivity contribution in [2.24, 2.45) is 0 Å². The van der Waals surface area contributed by atoms with Gasteiger partial charge in [-0.2, -0.15) is 0 Å². The van der Waals surface area contributed by atoms with Crippen LogP contribution in [0.2, 0.25) is 0 Å². The van der Waals surface area contributed by atoms with Crippen LogP contribution in [0.4, 0.5) is 13.2 Å². The lowest BCUT2D eigenvalue weighted by atomic mass is 10.0. The topological polar surface area (TPSA) is 0 Å². The summed E-state index contributed by atoms with van der Waals surface area (Å²) in [5, 5.41) is -0.841. The smallest absolute Gasteiger partial charge is 0.128 e. The molecule has 0 saturated carbocycles. The summed E-state index contributed by atoms with van der Waals surface area (Å²) in [7, 11) is 0. The molecule has 0 radical (unpaired) electrons. The highest BCUT2D eigenvalue weighted by molar-refractivity contribution is 6.22. The molecule has 0 bridgehead atoms. The Morgan fingerprint density at radius 3 is 2.06 bits per heavy atom. The van der Waals surface area contributed by atoms with Gasteiger partial charge in [-0.05, 0) is 35.9 Å². The molecule has 0 spiro atoms. The van der Waals surface area contributed by atoms with E-state index in [0.29, 0.717) is 5.56 Å². The van der Waals surface area contributed by atoms with Crippen molar-refractivity contribution in [3.63, 3.8) is 0 Å². The quantitative estimate of drug-likeness (QED) is 0.697. The fraction of sp³-hybridized carbons (Fsp3) is 0.0769. The van der Waals surface area contributed by atoms with Gasteiger partial charge in [0.25, 0.3) is 0 Å². The van der Waals surface area contributed by atoms with Crippen LogP contribution in [0.3, 0.4) is 0 Å². The van der Waals surface area contributed by atoms with E-state index in [9.17, 15) is 13.2 Å². The van der Waals surface area contributed by atoms with Crippen LogP contribution < -0.4 is 0 Å². The van der Waals surface area contributed by atoms with Gasteiger partial charge in [-0.25, -0.2) is 13.2 Å². The average molecular weight is 257 g/mol. The Labute approximate surface area is 102 Å². The molecule has 1 atom stereocenters. The number of rotatable bonds is 2. The number of hydrogen-bond donors (Lipinski definition) is 0. The molecule has 0 fully saturated rings. The van der Waals surface area contributed by atoms with E-state index >= 15 is 0 Å². The Kier molecular flexibility index (Phi) is 3.38. The van der Waals surface area contributed by atoms with Crippen molar-refractivity contribution >= 4 is 11.6 Å². The van der Waals surface area contributed by atoms with Crippen LogP contribution in [0.1, 0.15) is 16.5 Å². The zero-order chi connectivity index (χ0) is 12.4. The minimum Gasteiger partial charge on any atom is -0.207 e. The molecule has 0 saturated heterocycles. The Morgan fingerprint density at radius 2 is 1.41 bits per heavy atom. The Balaban J connectivity index is 2.39. The van der Waals surface area contributed by atoms with Gasteiger partial charge in [0.15, 0.2) is 0 Å². The highest BCUT2D eigenvalue weighted by atomic mass is 35.5. The van der Waals surface area contributed by atoms with E-state index in [1.807, 2.05) is 0 Å². The van der Waals surface area contributed by atoms with Gasteiger partial charge in [0.05, 0.1) is 5.38 Å². The van der Waals surface area contributed by atoms with Crippen LogP contribution in [0.15, 0.2) is 42.5 Å². The largest absolute Gasteiger partial charge is 0.207 e. The lowest BCUT2D eigenvalue weighted by Crippen LogP contribution is -1.98. The van der Waals surface area contributed by atoms with E-state index in [1.165, 1.54) is 24.3 Å². The minimum atomic E-state index is -0.841. The van der Waals surface area contributed by atoms with Gasteiger partial charge in [0, 0.05) is 5.56 Å². The molecule has 0 nitrogen and oxygen atoms in total. The third kappa shape index (κ3) is 2.61. The van der Waals surface area contributed by atoms with Crippen LogP contribution in [0, 0.1) is 17.5 Å². The first-order valence-corrected chi connectivity index (χ1v) is 5.36. The van der Waals surface area contributed by atoms with Crippen molar-refractivity contribution in [1.82, 2.24) is 0 Å². The maximum Gasteiger partial charge on any atom is 0.128 e. The van der Waals surface area contributed by atoms with Gasteiger partial charge in [-0.1, -0.05) is 12.1 Å². The third-order valence-electron chi connectivity index (χ3n) is 2.39. The van der Waals surface area contributed by atoms with Crippen molar-refractivity contribution in [1.29, 1.82) is 0 Å².